The number of hydrogen-bond acceptors (Lipinski definition) is 10. The van der Waals surface area contributed by atoms with Crippen LogP contribution in [0.15, 0.2) is 0 Å². The van der Waals surface area contributed by atoms with Gasteiger partial charge in [0.25, 0.3) is 0 Å². The Morgan fingerprint density at radius 2 is 1.73 bits per heavy atom. The molecule has 10 heteroatoms. The third-order valence-electron chi connectivity index (χ3n) is 3.13. The normalized spacial score (nSPS) is 35.0. The second kappa shape index (κ2) is 7.81. The van der Waals surface area contributed by atoms with Gasteiger partial charge in [-0.05, 0) is 6.42 Å². The summed E-state index contributed by atoms with van der Waals surface area (Å²) in [5, 5.41) is 47.9. The molecule has 0 aromatic rings. The molecule has 1 aliphatic rings. The molecule has 0 radical (unpaired) electrons. The lowest BCUT2D eigenvalue weighted by Gasteiger charge is -2.44. The predicted molar refractivity (Wildman–Crippen MR) is 66.6 cm³/mol. The fraction of sp³-hybridized carbons (Fsp3) is 0.833. The first-order valence-electron chi connectivity index (χ1n) is 6.70. The number of aliphatic hydroxyl groups is 5. The highest BCUT2D eigenvalue weighted by Gasteiger charge is 2.54. The van der Waals surface area contributed by atoms with E-state index in [0.717, 1.165) is 0 Å². The van der Waals surface area contributed by atoms with Crippen molar-refractivity contribution in [3.05, 3.63) is 0 Å². The monoisotopic (exact) mass is 324 g/mol. The van der Waals surface area contributed by atoms with E-state index in [2.05, 4.69) is 9.78 Å². The van der Waals surface area contributed by atoms with Crippen LogP contribution in [0.25, 0.3) is 0 Å². The van der Waals surface area contributed by atoms with Gasteiger partial charge in [-0.2, -0.15) is 0 Å². The summed E-state index contributed by atoms with van der Waals surface area (Å²) in [6.07, 6.45) is -7.46. The maximum atomic E-state index is 11.5. The van der Waals surface area contributed by atoms with E-state index in [1.807, 2.05) is 0 Å². The second-order valence-corrected chi connectivity index (χ2v) is 4.95. The molecule has 0 aliphatic carbocycles. The molecule has 10 nitrogen and oxygen atoms in total. The number of carbonyl (C=O) groups excluding carboxylic acids is 2. The van der Waals surface area contributed by atoms with Crippen LogP contribution in [0.5, 0.6) is 0 Å². The fourth-order valence-electron chi connectivity index (χ4n) is 1.94. The van der Waals surface area contributed by atoms with Crippen LogP contribution >= 0.6 is 0 Å². The van der Waals surface area contributed by atoms with Crippen molar-refractivity contribution in [2.45, 2.75) is 56.4 Å². The quantitative estimate of drug-likeness (QED) is 0.266. The molecule has 0 aromatic heterocycles. The third kappa shape index (κ3) is 4.35. The minimum Gasteiger partial charge on any atom is -0.394 e. The summed E-state index contributed by atoms with van der Waals surface area (Å²) in [6.45, 7) is 0.938. The smallest absolute Gasteiger partial charge is 0.361 e. The van der Waals surface area contributed by atoms with Crippen LogP contribution in [0.4, 0.5) is 0 Å². The lowest BCUT2D eigenvalue weighted by atomic mass is 9.91. The first-order chi connectivity index (χ1) is 10.2. The number of rotatable bonds is 5. The number of ether oxygens (including phenoxy) is 1. The Hall–Kier alpha value is -1.30. The second-order valence-electron chi connectivity index (χ2n) is 4.95. The first kappa shape index (κ1) is 18.7. The van der Waals surface area contributed by atoms with E-state index in [-0.39, 0.29) is 6.42 Å². The summed E-state index contributed by atoms with van der Waals surface area (Å²) in [4.78, 5) is 30.9. The van der Waals surface area contributed by atoms with Crippen LogP contribution in [0.2, 0.25) is 0 Å². The van der Waals surface area contributed by atoms with E-state index in [1.165, 1.54) is 0 Å². The van der Waals surface area contributed by atoms with Gasteiger partial charge in [-0.3, -0.25) is 0 Å². The minimum absolute atomic E-state index is 0.0220. The SMILES string of the molecule is CCCC(=O)OOC(=O)CC1(O)O[C@H](CO)[C@@H](O)[C@H](O)[C@H]1O. The first-order valence-corrected chi connectivity index (χ1v) is 6.70. The molecule has 1 fully saturated rings. The zero-order valence-corrected chi connectivity index (χ0v) is 11.9. The maximum Gasteiger partial charge on any atom is 0.361 e. The molecule has 1 rings (SSSR count). The molecule has 5 atom stereocenters. The van der Waals surface area contributed by atoms with Crippen molar-refractivity contribution in [2.24, 2.45) is 0 Å². The third-order valence-corrected chi connectivity index (χ3v) is 3.13. The molecule has 5 N–H and O–H groups in total. The van der Waals surface area contributed by atoms with Gasteiger partial charge in [-0.25, -0.2) is 19.4 Å². The van der Waals surface area contributed by atoms with Crippen LogP contribution in [-0.4, -0.2) is 74.3 Å². The molecule has 0 aromatic carbocycles. The van der Waals surface area contributed by atoms with Gasteiger partial charge in [-0.15, -0.1) is 0 Å². The molecule has 0 amide bonds. The molecule has 1 aliphatic heterocycles. The Labute approximate surface area is 125 Å². The largest absolute Gasteiger partial charge is 0.394 e. The average Bonchev–Trinajstić information content (AvgIpc) is 2.47. The van der Waals surface area contributed by atoms with E-state index in [9.17, 15) is 30.0 Å². The van der Waals surface area contributed by atoms with E-state index in [0.29, 0.717) is 6.42 Å². The van der Waals surface area contributed by atoms with Crippen molar-refractivity contribution in [1.29, 1.82) is 0 Å². The van der Waals surface area contributed by atoms with Crippen LogP contribution in [-0.2, 0) is 24.1 Å². The highest BCUT2D eigenvalue weighted by Crippen LogP contribution is 2.31. The number of carbonyl (C=O) groups is 2. The maximum absolute atomic E-state index is 11.5. The Kier molecular flexibility index (Phi) is 6.66. The topological polar surface area (TPSA) is 163 Å². The van der Waals surface area contributed by atoms with Crippen molar-refractivity contribution < 1.29 is 49.6 Å². The van der Waals surface area contributed by atoms with Crippen LogP contribution in [0.3, 0.4) is 0 Å². The average molecular weight is 324 g/mol. The van der Waals surface area contributed by atoms with Crippen molar-refractivity contribution in [3.63, 3.8) is 0 Å². The van der Waals surface area contributed by atoms with Gasteiger partial charge in [-0.1, -0.05) is 6.92 Å². The molecule has 1 unspecified atom stereocenters. The van der Waals surface area contributed by atoms with Gasteiger partial charge in [0.2, 0.25) is 5.79 Å². The molecule has 0 bridgehead atoms. The van der Waals surface area contributed by atoms with Crippen molar-refractivity contribution >= 4 is 11.9 Å². The van der Waals surface area contributed by atoms with Gasteiger partial charge in [0.15, 0.2) is 0 Å². The van der Waals surface area contributed by atoms with Crippen molar-refractivity contribution in [3.8, 4) is 0 Å². The van der Waals surface area contributed by atoms with E-state index in [1.54, 1.807) is 6.92 Å². The molecule has 128 valence electrons. The minimum atomic E-state index is -2.61. The van der Waals surface area contributed by atoms with Gasteiger partial charge in [0.05, 0.1) is 6.61 Å². The van der Waals surface area contributed by atoms with E-state index in [4.69, 9.17) is 9.84 Å². The Morgan fingerprint density at radius 3 is 2.27 bits per heavy atom. The Morgan fingerprint density at radius 1 is 1.14 bits per heavy atom. The summed E-state index contributed by atoms with van der Waals surface area (Å²) in [7, 11) is 0. The molecule has 0 saturated carbocycles. The lowest BCUT2D eigenvalue weighted by Crippen LogP contribution is -2.65. The summed E-state index contributed by atoms with van der Waals surface area (Å²) < 4.78 is 4.85. The Balaban J connectivity index is 2.64. The highest BCUT2D eigenvalue weighted by molar-refractivity contribution is 5.73. The van der Waals surface area contributed by atoms with Gasteiger partial charge >= 0.3 is 11.9 Å². The fourth-order valence-corrected chi connectivity index (χ4v) is 1.94. The highest BCUT2D eigenvalue weighted by atomic mass is 17.2. The van der Waals surface area contributed by atoms with Gasteiger partial charge < -0.3 is 30.3 Å². The molecular weight excluding hydrogens is 304 g/mol. The summed E-state index contributed by atoms with van der Waals surface area (Å²) >= 11 is 0. The predicted octanol–water partition coefficient (Wildman–Crippen LogP) is -2.66. The summed E-state index contributed by atoms with van der Waals surface area (Å²) in [5.41, 5.74) is 0. The molecular formula is C12H20O10. The van der Waals surface area contributed by atoms with E-state index >= 15 is 0 Å². The van der Waals surface area contributed by atoms with Crippen LogP contribution in [0, 0.1) is 0 Å². The molecule has 0 spiro atoms. The molecule has 22 heavy (non-hydrogen) atoms. The summed E-state index contributed by atoms with van der Waals surface area (Å²) in [6, 6.07) is 0. The zero-order chi connectivity index (χ0) is 16.9. The lowest BCUT2D eigenvalue weighted by molar-refractivity contribution is -0.352. The van der Waals surface area contributed by atoms with Crippen molar-refractivity contribution in [2.75, 3.05) is 6.61 Å². The van der Waals surface area contributed by atoms with Crippen LogP contribution < -0.4 is 0 Å². The molecule has 1 heterocycles. The van der Waals surface area contributed by atoms with Crippen molar-refractivity contribution in [1.82, 2.24) is 0 Å². The number of aliphatic hydroxyl groups excluding tert-OH is 4. The molecule has 1 saturated heterocycles. The van der Waals surface area contributed by atoms with Gasteiger partial charge in [0, 0.05) is 6.42 Å². The summed E-state index contributed by atoms with van der Waals surface area (Å²) in [5.74, 6) is -4.65. The van der Waals surface area contributed by atoms with Gasteiger partial charge in [0.1, 0.15) is 30.8 Å². The van der Waals surface area contributed by atoms with E-state index < -0.39 is 55.2 Å². The Bertz CT molecular complexity index is 397. The standard InChI is InChI=1S/C12H20O10/c1-2-3-7(14)21-22-8(15)4-12(19)11(18)10(17)9(16)6(5-13)20-12/h6,9-11,13,16-19H,2-5H2,1H3/t6-,9-,10+,11-,12?/m1/s1. The number of hydrogen-bond donors (Lipinski definition) is 5. The zero-order valence-electron chi connectivity index (χ0n) is 11.9. The van der Waals surface area contributed by atoms with Crippen LogP contribution in [0.1, 0.15) is 26.2 Å².